The van der Waals surface area contributed by atoms with Crippen LogP contribution in [0.3, 0.4) is 0 Å². The quantitative estimate of drug-likeness (QED) is 0.415. The fourth-order valence-corrected chi connectivity index (χ4v) is 1.92. The smallest absolute Gasteiger partial charge is 0.213 e. The molecule has 0 fully saturated rings. The Bertz CT molecular complexity index is 628. The van der Waals surface area contributed by atoms with E-state index in [-0.39, 0.29) is 24.0 Å². The van der Waals surface area contributed by atoms with Crippen LogP contribution in [0.25, 0.3) is 0 Å². The SMILES string of the molecule is CCNC(=NCc1ccnc(OC)c1)NCc1ccnn1C.I. The Kier molecular flexibility index (Phi) is 8.38. The fraction of sp³-hybridized carbons (Fsp3) is 0.400. The van der Waals surface area contributed by atoms with E-state index in [2.05, 4.69) is 25.7 Å². The Morgan fingerprint density at radius 2 is 2.13 bits per heavy atom. The van der Waals surface area contributed by atoms with Crippen molar-refractivity contribution in [1.29, 1.82) is 0 Å². The van der Waals surface area contributed by atoms with Crippen molar-refractivity contribution in [3.63, 3.8) is 0 Å². The van der Waals surface area contributed by atoms with Gasteiger partial charge in [-0.1, -0.05) is 0 Å². The summed E-state index contributed by atoms with van der Waals surface area (Å²) in [4.78, 5) is 8.66. The minimum atomic E-state index is 0. The molecule has 0 atom stereocenters. The first-order valence-electron chi connectivity index (χ1n) is 7.21. The third-order valence-corrected chi connectivity index (χ3v) is 3.13. The number of ether oxygens (including phenoxy) is 1. The largest absolute Gasteiger partial charge is 0.481 e. The van der Waals surface area contributed by atoms with Gasteiger partial charge in [0.15, 0.2) is 5.96 Å². The lowest BCUT2D eigenvalue weighted by Gasteiger charge is -2.11. The number of aliphatic imine (C=N–C) groups is 1. The van der Waals surface area contributed by atoms with E-state index < -0.39 is 0 Å². The summed E-state index contributed by atoms with van der Waals surface area (Å²) < 4.78 is 6.96. The Morgan fingerprint density at radius 1 is 1.30 bits per heavy atom. The number of aryl methyl sites for hydroxylation is 1. The van der Waals surface area contributed by atoms with Gasteiger partial charge in [0.05, 0.1) is 25.9 Å². The maximum absolute atomic E-state index is 5.12. The van der Waals surface area contributed by atoms with Crippen LogP contribution in [0, 0.1) is 0 Å². The molecule has 0 bridgehead atoms. The van der Waals surface area contributed by atoms with Crippen molar-refractivity contribution in [2.75, 3.05) is 13.7 Å². The average molecular weight is 430 g/mol. The van der Waals surface area contributed by atoms with Crippen molar-refractivity contribution in [3.05, 3.63) is 41.9 Å². The third-order valence-electron chi connectivity index (χ3n) is 3.13. The van der Waals surface area contributed by atoms with Gasteiger partial charge in [-0.05, 0) is 24.6 Å². The highest BCUT2D eigenvalue weighted by atomic mass is 127. The van der Waals surface area contributed by atoms with E-state index in [1.165, 1.54) is 0 Å². The van der Waals surface area contributed by atoms with Crippen LogP contribution in [-0.4, -0.2) is 34.4 Å². The van der Waals surface area contributed by atoms with Gasteiger partial charge in [0.1, 0.15) is 0 Å². The standard InChI is InChI=1S/C15H22N6O.HI/c1-4-16-15(19-11-13-6-8-20-21(13)2)18-10-12-5-7-17-14(9-12)22-3;/h5-9H,4,10-11H2,1-3H3,(H2,16,18,19);1H. The predicted octanol–water partition coefficient (Wildman–Crippen LogP) is 1.70. The van der Waals surface area contributed by atoms with Crippen molar-refractivity contribution < 1.29 is 4.74 Å². The first-order chi connectivity index (χ1) is 10.7. The molecule has 2 heterocycles. The fourth-order valence-electron chi connectivity index (χ4n) is 1.92. The van der Waals surface area contributed by atoms with Crippen molar-refractivity contribution in [2.45, 2.75) is 20.0 Å². The summed E-state index contributed by atoms with van der Waals surface area (Å²) in [6.07, 6.45) is 3.50. The van der Waals surface area contributed by atoms with Crippen LogP contribution >= 0.6 is 24.0 Å². The van der Waals surface area contributed by atoms with Gasteiger partial charge in [0.2, 0.25) is 5.88 Å². The van der Waals surface area contributed by atoms with Crippen LogP contribution in [0.4, 0.5) is 0 Å². The third kappa shape index (κ3) is 6.05. The van der Waals surface area contributed by atoms with Crippen LogP contribution < -0.4 is 15.4 Å². The van der Waals surface area contributed by atoms with E-state index in [0.717, 1.165) is 23.8 Å². The highest BCUT2D eigenvalue weighted by Crippen LogP contribution is 2.09. The molecule has 0 aliphatic heterocycles. The first-order valence-corrected chi connectivity index (χ1v) is 7.21. The minimum absolute atomic E-state index is 0. The summed E-state index contributed by atoms with van der Waals surface area (Å²) in [6.45, 7) is 4.06. The highest BCUT2D eigenvalue weighted by Gasteiger charge is 2.02. The molecule has 0 spiro atoms. The van der Waals surface area contributed by atoms with E-state index in [0.29, 0.717) is 19.0 Å². The van der Waals surface area contributed by atoms with Crippen LogP contribution in [0.15, 0.2) is 35.6 Å². The number of nitrogens with one attached hydrogen (secondary N) is 2. The molecule has 0 amide bonds. The topological polar surface area (TPSA) is 76.4 Å². The lowest BCUT2D eigenvalue weighted by molar-refractivity contribution is 0.397. The van der Waals surface area contributed by atoms with Crippen molar-refractivity contribution >= 4 is 29.9 Å². The summed E-state index contributed by atoms with van der Waals surface area (Å²) in [5, 5.41) is 10.7. The maximum atomic E-state index is 5.12. The van der Waals surface area contributed by atoms with E-state index >= 15 is 0 Å². The number of halogens is 1. The zero-order valence-corrected chi connectivity index (χ0v) is 15.9. The number of rotatable bonds is 6. The second-order valence-corrected chi connectivity index (χ2v) is 4.70. The molecule has 2 rings (SSSR count). The second kappa shape index (κ2) is 10.0. The predicted molar refractivity (Wildman–Crippen MR) is 101 cm³/mol. The molecule has 8 heteroatoms. The molecular formula is C15H23IN6O. The van der Waals surface area contributed by atoms with E-state index in [9.17, 15) is 0 Å². The lowest BCUT2D eigenvalue weighted by Crippen LogP contribution is -2.37. The molecule has 0 aromatic carbocycles. The molecule has 0 unspecified atom stereocenters. The van der Waals surface area contributed by atoms with E-state index in [1.54, 1.807) is 19.5 Å². The van der Waals surface area contributed by atoms with Gasteiger partial charge in [-0.3, -0.25) is 4.68 Å². The summed E-state index contributed by atoms with van der Waals surface area (Å²) in [7, 11) is 3.53. The molecule has 0 radical (unpaired) electrons. The monoisotopic (exact) mass is 430 g/mol. The Hall–Kier alpha value is -1.84. The summed E-state index contributed by atoms with van der Waals surface area (Å²) in [6, 6.07) is 5.79. The van der Waals surface area contributed by atoms with Gasteiger partial charge in [-0.15, -0.1) is 24.0 Å². The number of pyridine rings is 1. The number of aromatic nitrogens is 3. The van der Waals surface area contributed by atoms with Gasteiger partial charge in [-0.2, -0.15) is 5.10 Å². The average Bonchev–Trinajstić information content (AvgIpc) is 2.95. The molecular weight excluding hydrogens is 407 g/mol. The zero-order valence-electron chi connectivity index (χ0n) is 13.6. The van der Waals surface area contributed by atoms with Crippen molar-refractivity contribution in [1.82, 2.24) is 25.4 Å². The first kappa shape index (κ1) is 19.2. The molecule has 23 heavy (non-hydrogen) atoms. The number of hydrogen-bond acceptors (Lipinski definition) is 4. The van der Waals surface area contributed by atoms with Gasteiger partial charge in [0.25, 0.3) is 0 Å². The highest BCUT2D eigenvalue weighted by molar-refractivity contribution is 14.0. The lowest BCUT2D eigenvalue weighted by atomic mass is 10.3. The molecule has 0 saturated heterocycles. The van der Waals surface area contributed by atoms with Crippen molar-refractivity contribution in [2.24, 2.45) is 12.0 Å². The Morgan fingerprint density at radius 3 is 2.78 bits per heavy atom. The molecule has 2 aromatic heterocycles. The molecule has 2 N–H and O–H groups in total. The normalized spacial score (nSPS) is 10.8. The van der Waals surface area contributed by atoms with Gasteiger partial charge in [0, 0.05) is 32.1 Å². The van der Waals surface area contributed by atoms with Crippen LogP contribution in [0.1, 0.15) is 18.2 Å². The summed E-state index contributed by atoms with van der Waals surface area (Å²) in [5.74, 6) is 1.36. The molecule has 0 aliphatic rings. The molecule has 7 nitrogen and oxygen atoms in total. The van der Waals surface area contributed by atoms with Gasteiger partial charge >= 0.3 is 0 Å². The Labute approximate surface area is 153 Å². The van der Waals surface area contributed by atoms with Crippen LogP contribution in [0.5, 0.6) is 5.88 Å². The molecule has 126 valence electrons. The summed E-state index contributed by atoms with van der Waals surface area (Å²) >= 11 is 0. The van der Waals surface area contributed by atoms with E-state index in [1.807, 2.05) is 36.9 Å². The Balaban J connectivity index is 0.00000264. The minimum Gasteiger partial charge on any atom is -0.481 e. The van der Waals surface area contributed by atoms with Crippen molar-refractivity contribution in [3.8, 4) is 5.88 Å². The maximum Gasteiger partial charge on any atom is 0.213 e. The van der Waals surface area contributed by atoms with Gasteiger partial charge in [-0.25, -0.2) is 9.98 Å². The number of guanidine groups is 1. The number of nitrogens with zero attached hydrogens (tertiary/aromatic N) is 4. The molecule has 2 aromatic rings. The van der Waals surface area contributed by atoms with Gasteiger partial charge < -0.3 is 15.4 Å². The number of methoxy groups -OCH3 is 1. The second-order valence-electron chi connectivity index (χ2n) is 4.70. The van der Waals surface area contributed by atoms with Crippen LogP contribution in [0.2, 0.25) is 0 Å². The van der Waals surface area contributed by atoms with E-state index in [4.69, 9.17) is 4.74 Å². The summed E-state index contributed by atoms with van der Waals surface area (Å²) in [5.41, 5.74) is 2.14. The molecule has 0 saturated carbocycles. The van der Waals surface area contributed by atoms with Crippen LogP contribution in [-0.2, 0) is 20.1 Å². The molecule has 0 aliphatic carbocycles. The number of hydrogen-bond donors (Lipinski definition) is 2. The zero-order chi connectivity index (χ0) is 15.8.